The van der Waals surface area contributed by atoms with Crippen LogP contribution in [0.15, 0.2) is 22.7 Å². The Bertz CT molecular complexity index is 682. The summed E-state index contributed by atoms with van der Waals surface area (Å²) in [5.41, 5.74) is 0. The van der Waals surface area contributed by atoms with Crippen LogP contribution in [0.5, 0.6) is 0 Å². The van der Waals surface area contributed by atoms with Crippen molar-refractivity contribution < 1.29 is 13.6 Å². The average molecular weight is 334 g/mol. The van der Waals surface area contributed by atoms with Crippen LogP contribution in [-0.2, 0) is 6.42 Å². The number of hydrogen-bond donors (Lipinski definition) is 1. The van der Waals surface area contributed by atoms with Crippen molar-refractivity contribution in [3.8, 4) is 0 Å². The molecule has 0 spiro atoms. The van der Waals surface area contributed by atoms with Crippen LogP contribution in [0, 0.1) is 12.7 Å². The van der Waals surface area contributed by atoms with Crippen molar-refractivity contribution in [2.75, 3.05) is 37.6 Å². The highest BCUT2D eigenvalue weighted by atomic mass is 19.1. The second kappa shape index (κ2) is 7.24. The Kier molecular flexibility index (Phi) is 4.88. The second-order valence-electron chi connectivity index (χ2n) is 5.51. The van der Waals surface area contributed by atoms with Crippen molar-refractivity contribution in [3.63, 3.8) is 0 Å². The maximum Gasteiger partial charge on any atom is 0.317 e. The van der Waals surface area contributed by atoms with Gasteiger partial charge in [0, 0.05) is 46.1 Å². The third kappa shape index (κ3) is 3.98. The molecule has 1 saturated heterocycles. The van der Waals surface area contributed by atoms with Gasteiger partial charge in [0.1, 0.15) is 11.6 Å². The lowest BCUT2D eigenvalue weighted by atomic mass is 10.3. The summed E-state index contributed by atoms with van der Waals surface area (Å²) in [6.45, 7) is 4.67. The maximum atomic E-state index is 12.9. The summed E-state index contributed by atoms with van der Waals surface area (Å²) in [6, 6.07) is 2.93. The zero-order valence-corrected chi connectivity index (χ0v) is 13.4. The fourth-order valence-corrected chi connectivity index (χ4v) is 2.52. The summed E-state index contributed by atoms with van der Waals surface area (Å²) in [4.78, 5) is 20.0. The lowest BCUT2D eigenvalue weighted by molar-refractivity contribution is 0.194. The molecule has 2 aromatic rings. The molecule has 3 heterocycles. The van der Waals surface area contributed by atoms with Crippen LogP contribution in [-0.4, -0.2) is 58.8 Å². The number of halogens is 1. The number of carbonyl (C=O) groups excluding carboxylic acids is 1. The molecule has 0 bridgehead atoms. The number of carbonyl (C=O) groups is 1. The first kappa shape index (κ1) is 16.2. The van der Waals surface area contributed by atoms with Crippen LogP contribution in [0.3, 0.4) is 0 Å². The van der Waals surface area contributed by atoms with E-state index in [1.165, 1.54) is 12.3 Å². The Morgan fingerprint density at radius 2 is 2.08 bits per heavy atom. The summed E-state index contributed by atoms with van der Waals surface area (Å²) < 4.78 is 18.2. The van der Waals surface area contributed by atoms with Crippen molar-refractivity contribution in [1.82, 2.24) is 25.4 Å². The minimum atomic E-state index is -0.354. The van der Waals surface area contributed by atoms with E-state index in [4.69, 9.17) is 4.42 Å². The predicted molar refractivity (Wildman–Crippen MR) is 84.1 cm³/mol. The topological polar surface area (TPSA) is 87.4 Å². The molecule has 0 unspecified atom stereocenters. The zero-order chi connectivity index (χ0) is 16.9. The maximum absolute atomic E-state index is 12.9. The number of nitrogens with zero attached hydrogens (tertiary/aromatic N) is 5. The molecule has 24 heavy (non-hydrogen) atoms. The number of urea groups is 1. The largest absolute Gasteiger partial charge is 0.426 e. The zero-order valence-electron chi connectivity index (χ0n) is 13.4. The van der Waals surface area contributed by atoms with Crippen LogP contribution in [0.1, 0.15) is 11.8 Å². The van der Waals surface area contributed by atoms with Gasteiger partial charge in [0.25, 0.3) is 0 Å². The quantitative estimate of drug-likeness (QED) is 0.897. The number of rotatable bonds is 4. The standard InChI is InChI=1S/C15H19FN6O2/c1-11-19-20-14(24-11)4-5-17-15(23)22-8-6-21(7-9-22)13-3-2-12(16)10-18-13/h2-3,10H,4-9H2,1H3,(H,17,23). The van der Waals surface area contributed by atoms with Gasteiger partial charge in [0.15, 0.2) is 0 Å². The van der Waals surface area contributed by atoms with E-state index in [9.17, 15) is 9.18 Å². The molecule has 0 radical (unpaired) electrons. The van der Waals surface area contributed by atoms with Crippen molar-refractivity contribution in [2.45, 2.75) is 13.3 Å². The summed E-state index contributed by atoms with van der Waals surface area (Å²) in [6.07, 6.45) is 1.71. The number of pyridine rings is 1. The highest BCUT2D eigenvalue weighted by molar-refractivity contribution is 5.74. The van der Waals surface area contributed by atoms with Gasteiger partial charge in [0.2, 0.25) is 11.8 Å². The van der Waals surface area contributed by atoms with Crippen molar-refractivity contribution >= 4 is 11.8 Å². The normalized spacial score (nSPS) is 14.8. The number of hydrogen-bond acceptors (Lipinski definition) is 6. The van der Waals surface area contributed by atoms with Gasteiger partial charge in [0.05, 0.1) is 6.20 Å². The summed E-state index contributed by atoms with van der Waals surface area (Å²) in [5, 5.41) is 10.5. The lowest BCUT2D eigenvalue weighted by Crippen LogP contribution is -2.52. The molecule has 8 nitrogen and oxygen atoms in total. The molecule has 0 saturated carbocycles. The molecule has 128 valence electrons. The van der Waals surface area contributed by atoms with Gasteiger partial charge in [-0.2, -0.15) is 0 Å². The van der Waals surface area contributed by atoms with E-state index in [0.717, 1.165) is 5.82 Å². The first-order valence-corrected chi connectivity index (χ1v) is 7.80. The molecular formula is C15H19FN6O2. The van der Waals surface area contributed by atoms with Crippen molar-refractivity contribution in [2.24, 2.45) is 0 Å². The Hall–Kier alpha value is -2.71. The van der Waals surface area contributed by atoms with E-state index in [1.807, 2.05) is 4.90 Å². The van der Waals surface area contributed by atoms with Crippen LogP contribution < -0.4 is 10.2 Å². The molecule has 0 atom stereocenters. The van der Waals surface area contributed by atoms with E-state index in [2.05, 4.69) is 20.5 Å². The van der Waals surface area contributed by atoms with E-state index < -0.39 is 0 Å². The SMILES string of the molecule is Cc1nnc(CCNC(=O)N2CCN(c3ccc(F)cn3)CC2)o1. The molecule has 3 rings (SSSR count). The van der Waals surface area contributed by atoms with E-state index in [0.29, 0.717) is 50.9 Å². The molecule has 0 aliphatic carbocycles. The smallest absolute Gasteiger partial charge is 0.317 e. The number of nitrogens with one attached hydrogen (secondary N) is 1. The molecule has 1 aliphatic rings. The number of piperazine rings is 1. The van der Waals surface area contributed by atoms with E-state index >= 15 is 0 Å². The Morgan fingerprint density at radius 1 is 1.29 bits per heavy atom. The van der Waals surface area contributed by atoms with Crippen LogP contribution in [0.2, 0.25) is 0 Å². The predicted octanol–water partition coefficient (Wildman–Crippen LogP) is 0.986. The minimum Gasteiger partial charge on any atom is -0.426 e. The molecule has 1 aliphatic heterocycles. The molecule has 2 amide bonds. The fourth-order valence-electron chi connectivity index (χ4n) is 2.52. The highest BCUT2D eigenvalue weighted by Crippen LogP contribution is 2.13. The molecule has 1 fully saturated rings. The third-order valence-corrected chi connectivity index (χ3v) is 3.79. The molecule has 1 N–H and O–H groups in total. The van der Waals surface area contributed by atoms with Crippen LogP contribution >= 0.6 is 0 Å². The first-order valence-electron chi connectivity index (χ1n) is 7.80. The molecule has 2 aromatic heterocycles. The Labute approximate surface area is 138 Å². The number of aromatic nitrogens is 3. The van der Waals surface area contributed by atoms with Crippen LogP contribution in [0.4, 0.5) is 15.0 Å². The number of aryl methyl sites for hydroxylation is 1. The van der Waals surface area contributed by atoms with Gasteiger partial charge < -0.3 is 19.5 Å². The average Bonchev–Trinajstić information content (AvgIpc) is 3.01. The van der Waals surface area contributed by atoms with Gasteiger partial charge in [-0.25, -0.2) is 14.2 Å². The van der Waals surface area contributed by atoms with Gasteiger partial charge in [-0.05, 0) is 12.1 Å². The highest BCUT2D eigenvalue weighted by Gasteiger charge is 2.21. The van der Waals surface area contributed by atoms with E-state index in [1.54, 1.807) is 17.9 Å². The molecule has 0 aromatic carbocycles. The minimum absolute atomic E-state index is 0.113. The molecular weight excluding hydrogens is 315 g/mol. The van der Waals surface area contributed by atoms with Crippen molar-refractivity contribution in [3.05, 3.63) is 35.9 Å². The first-order chi connectivity index (χ1) is 11.6. The number of amides is 2. The third-order valence-electron chi connectivity index (χ3n) is 3.79. The lowest BCUT2D eigenvalue weighted by Gasteiger charge is -2.35. The Balaban J connectivity index is 1.42. The van der Waals surface area contributed by atoms with Gasteiger partial charge in [-0.15, -0.1) is 10.2 Å². The van der Waals surface area contributed by atoms with Crippen LogP contribution in [0.25, 0.3) is 0 Å². The molecule has 9 heteroatoms. The summed E-state index contributed by atoms with van der Waals surface area (Å²) >= 11 is 0. The Morgan fingerprint density at radius 3 is 2.71 bits per heavy atom. The van der Waals surface area contributed by atoms with Gasteiger partial charge >= 0.3 is 6.03 Å². The fraction of sp³-hybridized carbons (Fsp3) is 0.467. The summed E-state index contributed by atoms with van der Waals surface area (Å²) in [5.74, 6) is 1.40. The van der Waals surface area contributed by atoms with Crippen molar-refractivity contribution in [1.29, 1.82) is 0 Å². The van der Waals surface area contributed by atoms with Gasteiger partial charge in [-0.1, -0.05) is 0 Å². The monoisotopic (exact) mass is 334 g/mol. The van der Waals surface area contributed by atoms with E-state index in [-0.39, 0.29) is 11.8 Å². The van der Waals surface area contributed by atoms with Gasteiger partial charge in [-0.3, -0.25) is 0 Å². The summed E-state index contributed by atoms with van der Waals surface area (Å²) in [7, 11) is 0. The number of anilines is 1. The second-order valence-corrected chi connectivity index (χ2v) is 5.51.